The van der Waals surface area contributed by atoms with Crippen LogP contribution in [0.2, 0.25) is 0 Å². The second-order valence-electron chi connectivity index (χ2n) is 11.4. The van der Waals surface area contributed by atoms with E-state index in [1.165, 1.54) is 31.0 Å². The highest BCUT2D eigenvalue weighted by Gasteiger charge is 2.18. The third-order valence-corrected chi connectivity index (χ3v) is 7.52. The van der Waals surface area contributed by atoms with Gasteiger partial charge in [-0.15, -0.1) is 0 Å². The first kappa shape index (κ1) is 34.4. The third kappa shape index (κ3) is 10.9. The van der Waals surface area contributed by atoms with E-state index in [1.54, 1.807) is 36.4 Å². The highest BCUT2D eigenvalue weighted by atomic mass is 16.5. The van der Waals surface area contributed by atoms with E-state index >= 15 is 0 Å². The van der Waals surface area contributed by atoms with E-state index in [9.17, 15) is 19.5 Å². The minimum atomic E-state index is -0.615. The zero-order valence-electron chi connectivity index (χ0n) is 26.5. The van der Waals surface area contributed by atoms with E-state index in [0.717, 1.165) is 62.5 Å². The molecule has 0 fully saturated rings. The maximum absolute atomic E-state index is 12.7. The van der Waals surface area contributed by atoms with Gasteiger partial charge in [0.15, 0.2) is 0 Å². The molecule has 0 aromatic heterocycles. The summed E-state index contributed by atoms with van der Waals surface area (Å²) >= 11 is 0. The molecule has 0 aliphatic carbocycles. The standard InChI is InChI=1S/C37H46O7/c1-5-7-9-11-13-26(3)42-35(39)30-19-15-28(16-20-30)29-17-21-31(22-18-29)36(40)44-32-23-24-33(34(38)25-32)37(41)43-27(4)14-12-10-8-6-2/h15-27,38H,5-14H2,1-4H3/t26-,27-/m1/s1. The Hall–Kier alpha value is -4.13. The minimum Gasteiger partial charge on any atom is -0.507 e. The molecule has 1 N–H and O–H groups in total. The van der Waals surface area contributed by atoms with Crippen molar-refractivity contribution in [3.63, 3.8) is 0 Å². The van der Waals surface area contributed by atoms with Gasteiger partial charge in [0.05, 0.1) is 23.3 Å². The Bertz CT molecular complexity index is 1350. The lowest BCUT2D eigenvalue weighted by Crippen LogP contribution is -2.15. The summed E-state index contributed by atoms with van der Waals surface area (Å²) in [5.41, 5.74) is 2.59. The van der Waals surface area contributed by atoms with Crippen LogP contribution in [0.15, 0.2) is 66.7 Å². The summed E-state index contributed by atoms with van der Waals surface area (Å²) in [6.07, 6.45) is 10.2. The van der Waals surface area contributed by atoms with Crippen molar-refractivity contribution in [2.24, 2.45) is 0 Å². The molecule has 0 heterocycles. The summed E-state index contributed by atoms with van der Waals surface area (Å²) in [6, 6.07) is 18.1. The minimum absolute atomic E-state index is 0.0192. The van der Waals surface area contributed by atoms with Gasteiger partial charge in [-0.3, -0.25) is 0 Å². The molecule has 0 aliphatic rings. The van der Waals surface area contributed by atoms with Crippen molar-refractivity contribution in [1.82, 2.24) is 0 Å². The molecule has 0 spiro atoms. The molecule has 0 saturated heterocycles. The van der Waals surface area contributed by atoms with Gasteiger partial charge in [-0.2, -0.15) is 0 Å². The van der Waals surface area contributed by atoms with E-state index in [0.29, 0.717) is 11.1 Å². The average Bonchev–Trinajstić information content (AvgIpc) is 3.01. The number of ether oxygens (including phenoxy) is 3. The second-order valence-corrected chi connectivity index (χ2v) is 11.4. The van der Waals surface area contributed by atoms with Crippen molar-refractivity contribution in [3.8, 4) is 22.6 Å². The van der Waals surface area contributed by atoms with Gasteiger partial charge in [0.25, 0.3) is 0 Å². The summed E-state index contributed by atoms with van der Waals surface area (Å²) in [6.45, 7) is 8.08. The van der Waals surface area contributed by atoms with Crippen molar-refractivity contribution in [3.05, 3.63) is 83.4 Å². The summed E-state index contributed by atoms with van der Waals surface area (Å²) in [7, 11) is 0. The normalized spacial score (nSPS) is 12.3. The first-order chi connectivity index (χ1) is 21.2. The number of phenols is 1. The van der Waals surface area contributed by atoms with Crippen molar-refractivity contribution in [2.45, 2.75) is 104 Å². The van der Waals surface area contributed by atoms with Crippen LogP contribution in [-0.4, -0.2) is 35.2 Å². The number of benzene rings is 3. The Morgan fingerprint density at radius 3 is 1.57 bits per heavy atom. The van der Waals surface area contributed by atoms with Gasteiger partial charge in [0.2, 0.25) is 0 Å². The summed E-state index contributed by atoms with van der Waals surface area (Å²) in [5, 5.41) is 10.4. The van der Waals surface area contributed by atoms with Crippen LogP contribution in [0.25, 0.3) is 11.1 Å². The Kier molecular flexibility index (Phi) is 13.9. The first-order valence-electron chi connectivity index (χ1n) is 15.9. The number of hydrogen-bond donors (Lipinski definition) is 1. The highest BCUT2D eigenvalue weighted by Crippen LogP contribution is 2.27. The van der Waals surface area contributed by atoms with Crippen LogP contribution in [0.4, 0.5) is 0 Å². The lowest BCUT2D eigenvalue weighted by Gasteiger charge is -2.14. The maximum atomic E-state index is 12.7. The van der Waals surface area contributed by atoms with Crippen molar-refractivity contribution < 1.29 is 33.7 Å². The Morgan fingerprint density at radius 1 is 0.614 bits per heavy atom. The molecule has 3 rings (SSSR count). The molecule has 0 amide bonds. The van der Waals surface area contributed by atoms with Gasteiger partial charge in [-0.25, -0.2) is 14.4 Å². The SMILES string of the molecule is CCCCCC[C@@H](C)OC(=O)c1ccc(-c2ccc(C(=O)Oc3ccc(C(=O)O[C@H](C)CCCCCC)c(O)c3)cc2)cc1. The van der Waals surface area contributed by atoms with E-state index in [4.69, 9.17) is 14.2 Å². The van der Waals surface area contributed by atoms with Crippen molar-refractivity contribution >= 4 is 17.9 Å². The molecule has 0 unspecified atom stereocenters. The van der Waals surface area contributed by atoms with Crippen LogP contribution in [0.5, 0.6) is 11.5 Å². The lowest BCUT2D eigenvalue weighted by molar-refractivity contribution is 0.0307. The molecule has 0 bridgehead atoms. The Morgan fingerprint density at radius 2 is 1.09 bits per heavy atom. The molecule has 44 heavy (non-hydrogen) atoms. The Balaban J connectivity index is 1.53. The maximum Gasteiger partial charge on any atom is 0.343 e. The van der Waals surface area contributed by atoms with Gasteiger partial charge >= 0.3 is 17.9 Å². The highest BCUT2D eigenvalue weighted by molar-refractivity contribution is 5.94. The number of aromatic hydroxyl groups is 1. The summed E-state index contributed by atoms with van der Waals surface area (Å²) in [4.78, 5) is 37.8. The lowest BCUT2D eigenvalue weighted by atomic mass is 10.0. The number of carbonyl (C=O) groups is 3. The van der Waals surface area contributed by atoms with Crippen LogP contribution in [0.3, 0.4) is 0 Å². The smallest absolute Gasteiger partial charge is 0.343 e. The van der Waals surface area contributed by atoms with Gasteiger partial charge in [-0.05, 0) is 87.1 Å². The molecule has 2 atom stereocenters. The molecule has 3 aromatic rings. The zero-order valence-corrected chi connectivity index (χ0v) is 26.5. The van der Waals surface area contributed by atoms with Crippen LogP contribution < -0.4 is 4.74 Å². The fourth-order valence-electron chi connectivity index (χ4n) is 4.84. The molecule has 236 valence electrons. The monoisotopic (exact) mass is 602 g/mol. The van der Waals surface area contributed by atoms with E-state index in [2.05, 4.69) is 13.8 Å². The van der Waals surface area contributed by atoms with E-state index in [1.807, 2.05) is 26.0 Å². The average molecular weight is 603 g/mol. The fourth-order valence-corrected chi connectivity index (χ4v) is 4.84. The first-order valence-corrected chi connectivity index (χ1v) is 15.9. The zero-order chi connectivity index (χ0) is 31.9. The second kappa shape index (κ2) is 17.9. The summed E-state index contributed by atoms with van der Waals surface area (Å²) in [5.74, 6) is -1.76. The van der Waals surface area contributed by atoms with Crippen LogP contribution in [0.1, 0.15) is 123 Å². The number of unbranched alkanes of at least 4 members (excludes halogenated alkanes) is 6. The van der Waals surface area contributed by atoms with Crippen molar-refractivity contribution in [2.75, 3.05) is 0 Å². The molecule has 7 nitrogen and oxygen atoms in total. The van der Waals surface area contributed by atoms with Gasteiger partial charge in [-0.1, -0.05) is 76.6 Å². The molecule has 0 radical (unpaired) electrons. The van der Waals surface area contributed by atoms with Crippen LogP contribution in [-0.2, 0) is 9.47 Å². The third-order valence-electron chi connectivity index (χ3n) is 7.52. The quantitative estimate of drug-likeness (QED) is 0.0933. The van der Waals surface area contributed by atoms with E-state index in [-0.39, 0.29) is 35.2 Å². The predicted molar refractivity (Wildman–Crippen MR) is 172 cm³/mol. The topological polar surface area (TPSA) is 99.1 Å². The van der Waals surface area contributed by atoms with Gasteiger partial charge in [0, 0.05) is 6.07 Å². The van der Waals surface area contributed by atoms with Crippen LogP contribution in [0, 0.1) is 0 Å². The molecular formula is C37H46O7. The largest absolute Gasteiger partial charge is 0.507 e. The molecule has 7 heteroatoms. The van der Waals surface area contributed by atoms with Crippen LogP contribution >= 0.6 is 0 Å². The number of esters is 3. The van der Waals surface area contributed by atoms with Gasteiger partial charge in [0.1, 0.15) is 17.1 Å². The number of phenolic OH excluding ortho intramolecular Hbond substituents is 1. The molecular weight excluding hydrogens is 556 g/mol. The molecule has 0 aliphatic heterocycles. The number of hydrogen-bond acceptors (Lipinski definition) is 7. The van der Waals surface area contributed by atoms with E-state index < -0.39 is 11.9 Å². The summed E-state index contributed by atoms with van der Waals surface area (Å²) < 4.78 is 16.5. The molecule has 3 aromatic carbocycles. The number of carbonyl (C=O) groups excluding carboxylic acids is 3. The Labute approximate surface area is 261 Å². The molecule has 0 saturated carbocycles. The van der Waals surface area contributed by atoms with Gasteiger partial charge < -0.3 is 19.3 Å². The number of rotatable bonds is 17. The fraction of sp³-hybridized carbons (Fsp3) is 0.432. The predicted octanol–water partition coefficient (Wildman–Crippen LogP) is 9.31. The van der Waals surface area contributed by atoms with Crippen molar-refractivity contribution in [1.29, 1.82) is 0 Å².